The Morgan fingerprint density at radius 1 is 1.10 bits per heavy atom. The Balaban J connectivity index is 1.79. The Morgan fingerprint density at radius 3 is 2.35 bits per heavy atom. The molecule has 0 radical (unpaired) electrons. The Kier molecular flexibility index (Phi) is 5.98. The van der Waals surface area contributed by atoms with E-state index >= 15 is 0 Å². The Labute approximate surface area is 183 Å². The lowest BCUT2D eigenvalue weighted by Gasteiger charge is -2.25. The summed E-state index contributed by atoms with van der Waals surface area (Å²) in [7, 11) is 1.62. The fourth-order valence-electron chi connectivity index (χ4n) is 3.65. The molecule has 6 nitrogen and oxygen atoms in total. The molecule has 2 aromatic carbocycles. The summed E-state index contributed by atoms with van der Waals surface area (Å²) in [5.41, 5.74) is 2.65. The van der Waals surface area contributed by atoms with Crippen molar-refractivity contribution in [1.82, 2.24) is 14.7 Å². The van der Waals surface area contributed by atoms with Gasteiger partial charge in [-0.05, 0) is 44.0 Å². The predicted molar refractivity (Wildman–Crippen MR) is 120 cm³/mol. The minimum atomic E-state index is -0.0522. The monoisotopic (exact) mass is 419 g/mol. The summed E-state index contributed by atoms with van der Waals surface area (Å²) in [5.74, 6) is 1.97. The van der Waals surface area contributed by atoms with Gasteiger partial charge in [-0.25, -0.2) is 4.68 Å². The molecule has 3 aromatic rings. The van der Waals surface area contributed by atoms with Crippen LogP contribution in [0, 0.1) is 12.8 Å². The number of hydrogen-bond acceptors (Lipinski definition) is 4. The van der Waals surface area contributed by atoms with E-state index in [1.165, 1.54) is 0 Å². The van der Waals surface area contributed by atoms with E-state index in [0.29, 0.717) is 30.0 Å². The molecule has 1 aromatic heterocycles. The normalized spacial score (nSPS) is 13.3. The molecule has 0 atom stereocenters. The zero-order valence-corrected chi connectivity index (χ0v) is 18.5. The fraction of sp³-hybridized carbons (Fsp3) is 0.360. The molecule has 0 unspecified atom stereocenters. The molecule has 1 aliphatic carbocycles. The number of benzene rings is 2. The van der Waals surface area contributed by atoms with Crippen molar-refractivity contribution < 1.29 is 14.3 Å². The minimum absolute atomic E-state index is 0.0522. The van der Waals surface area contributed by atoms with Gasteiger partial charge in [-0.2, -0.15) is 5.10 Å². The molecule has 0 bridgehead atoms. The van der Waals surface area contributed by atoms with Crippen molar-refractivity contribution in [2.45, 2.75) is 46.2 Å². The van der Waals surface area contributed by atoms with E-state index < -0.39 is 0 Å². The molecular weight excluding hydrogens is 390 g/mol. The van der Waals surface area contributed by atoms with Gasteiger partial charge in [-0.3, -0.25) is 4.79 Å². The smallest absolute Gasteiger partial charge is 0.228 e. The lowest BCUT2D eigenvalue weighted by atomic mass is 10.1. The molecule has 0 spiro atoms. The number of hydrogen-bond donors (Lipinski definition) is 0. The zero-order chi connectivity index (χ0) is 22.0. The van der Waals surface area contributed by atoms with Crippen LogP contribution in [0.4, 0.5) is 0 Å². The van der Waals surface area contributed by atoms with Gasteiger partial charge in [0.25, 0.3) is 0 Å². The van der Waals surface area contributed by atoms with Crippen LogP contribution < -0.4 is 9.47 Å². The van der Waals surface area contributed by atoms with E-state index in [4.69, 9.17) is 14.6 Å². The van der Waals surface area contributed by atoms with Crippen LogP contribution in [0.25, 0.3) is 5.69 Å². The Bertz CT molecular complexity index is 1060. The third kappa shape index (κ3) is 4.43. The third-order valence-electron chi connectivity index (χ3n) is 5.51. The van der Waals surface area contributed by atoms with Crippen LogP contribution in [0.3, 0.4) is 0 Å². The molecular formula is C25H29N3O3. The molecule has 1 heterocycles. The van der Waals surface area contributed by atoms with Crippen LogP contribution >= 0.6 is 0 Å². The zero-order valence-electron chi connectivity index (χ0n) is 18.5. The molecule has 1 fully saturated rings. The highest BCUT2D eigenvalue weighted by Crippen LogP contribution is 2.38. The van der Waals surface area contributed by atoms with E-state index in [1.807, 2.05) is 85.0 Å². The first-order valence-electron chi connectivity index (χ1n) is 10.7. The van der Waals surface area contributed by atoms with Gasteiger partial charge >= 0.3 is 0 Å². The molecule has 4 rings (SSSR count). The van der Waals surface area contributed by atoms with E-state index in [1.54, 1.807) is 7.11 Å². The summed E-state index contributed by atoms with van der Waals surface area (Å²) in [6, 6.07) is 17.7. The molecule has 0 saturated heterocycles. The number of aromatic nitrogens is 2. The lowest BCUT2D eigenvalue weighted by Crippen LogP contribution is -2.35. The van der Waals surface area contributed by atoms with E-state index in [2.05, 4.69) is 0 Å². The average Bonchev–Trinajstić information content (AvgIpc) is 3.58. The second-order valence-corrected chi connectivity index (χ2v) is 8.22. The van der Waals surface area contributed by atoms with Crippen LogP contribution in [0.2, 0.25) is 0 Å². The van der Waals surface area contributed by atoms with Crippen LogP contribution in [-0.4, -0.2) is 33.7 Å². The molecule has 162 valence electrons. The largest absolute Gasteiger partial charge is 0.493 e. The molecule has 1 amide bonds. The van der Waals surface area contributed by atoms with Crippen molar-refractivity contribution >= 4 is 5.91 Å². The summed E-state index contributed by atoms with van der Waals surface area (Å²) < 4.78 is 13.7. The van der Waals surface area contributed by atoms with E-state index in [0.717, 1.165) is 29.8 Å². The number of amides is 1. The molecule has 1 aliphatic rings. The first kappa shape index (κ1) is 21.0. The minimum Gasteiger partial charge on any atom is -0.493 e. The van der Waals surface area contributed by atoms with Gasteiger partial charge in [-0.1, -0.05) is 44.2 Å². The highest BCUT2D eigenvalue weighted by atomic mass is 16.5. The summed E-state index contributed by atoms with van der Waals surface area (Å²) in [6.07, 6.45) is 2.10. The van der Waals surface area contributed by atoms with Crippen LogP contribution in [0.5, 0.6) is 17.4 Å². The fourth-order valence-corrected chi connectivity index (χ4v) is 3.65. The Morgan fingerprint density at radius 2 is 1.74 bits per heavy atom. The van der Waals surface area contributed by atoms with E-state index in [9.17, 15) is 4.79 Å². The summed E-state index contributed by atoms with van der Waals surface area (Å²) in [4.78, 5) is 14.9. The van der Waals surface area contributed by atoms with Crippen LogP contribution in [0.1, 0.15) is 37.9 Å². The van der Waals surface area contributed by atoms with Crippen molar-refractivity contribution in [3.05, 3.63) is 65.9 Å². The van der Waals surface area contributed by atoms with Crippen molar-refractivity contribution in [2.75, 3.05) is 7.11 Å². The number of carbonyl (C=O) groups excluding carboxylic acids is 1. The molecule has 1 saturated carbocycles. The van der Waals surface area contributed by atoms with E-state index in [-0.39, 0.29) is 11.8 Å². The second-order valence-electron chi connectivity index (χ2n) is 8.22. The van der Waals surface area contributed by atoms with Crippen LogP contribution in [-0.2, 0) is 11.3 Å². The maximum Gasteiger partial charge on any atom is 0.228 e. The van der Waals surface area contributed by atoms with Crippen LogP contribution in [0.15, 0.2) is 54.6 Å². The molecule has 31 heavy (non-hydrogen) atoms. The quantitative estimate of drug-likeness (QED) is 0.508. The van der Waals surface area contributed by atoms with Crippen molar-refractivity contribution in [3.63, 3.8) is 0 Å². The number of para-hydroxylation sites is 3. The number of ether oxygens (including phenoxy) is 2. The highest BCUT2D eigenvalue weighted by Gasteiger charge is 2.35. The third-order valence-corrected chi connectivity index (χ3v) is 5.51. The second kappa shape index (κ2) is 8.84. The van der Waals surface area contributed by atoms with Gasteiger partial charge in [0, 0.05) is 12.0 Å². The van der Waals surface area contributed by atoms with Gasteiger partial charge in [0.2, 0.25) is 11.8 Å². The first-order valence-corrected chi connectivity index (χ1v) is 10.7. The number of nitrogens with zero attached hydrogens (tertiary/aromatic N) is 3. The number of methoxy groups -OCH3 is 1. The highest BCUT2D eigenvalue weighted by molar-refractivity contribution is 5.79. The number of carbonyl (C=O) groups is 1. The predicted octanol–water partition coefficient (Wildman–Crippen LogP) is 5.13. The van der Waals surface area contributed by atoms with Gasteiger partial charge < -0.3 is 14.4 Å². The maximum absolute atomic E-state index is 12.9. The molecule has 0 N–H and O–H groups in total. The maximum atomic E-state index is 12.9. The molecule has 0 aliphatic heterocycles. The van der Waals surface area contributed by atoms with Crippen molar-refractivity contribution in [2.24, 2.45) is 5.92 Å². The SMILES string of the molecule is COc1ccccc1Oc1c(CN(C(=O)C(C)C)C2CC2)c(C)nn1-c1ccccc1. The number of rotatable bonds is 8. The topological polar surface area (TPSA) is 56.6 Å². The standard InChI is InChI=1S/C25H29N3O3/c1-17(2)24(29)27(19-14-15-19)16-21-18(3)26-28(20-10-6-5-7-11-20)25(21)31-23-13-9-8-12-22(23)30-4/h5-13,17,19H,14-16H2,1-4H3. The summed E-state index contributed by atoms with van der Waals surface area (Å²) in [6.45, 7) is 6.34. The Hall–Kier alpha value is -3.28. The van der Waals surface area contributed by atoms with Crippen molar-refractivity contribution in [3.8, 4) is 23.1 Å². The summed E-state index contributed by atoms with van der Waals surface area (Å²) in [5, 5.41) is 4.78. The van der Waals surface area contributed by atoms with Gasteiger partial charge in [0.05, 0.1) is 30.6 Å². The lowest BCUT2D eigenvalue weighted by molar-refractivity contribution is -0.135. The summed E-state index contributed by atoms with van der Waals surface area (Å²) >= 11 is 0. The average molecular weight is 420 g/mol. The van der Waals surface area contributed by atoms with Crippen molar-refractivity contribution in [1.29, 1.82) is 0 Å². The molecule has 6 heteroatoms. The van der Waals surface area contributed by atoms with Gasteiger partial charge in [0.15, 0.2) is 11.5 Å². The first-order chi connectivity index (χ1) is 15.0. The van der Waals surface area contributed by atoms with Gasteiger partial charge in [0.1, 0.15) is 0 Å². The van der Waals surface area contributed by atoms with Gasteiger partial charge in [-0.15, -0.1) is 0 Å². The number of aryl methyl sites for hydroxylation is 1.